The van der Waals surface area contributed by atoms with Crippen molar-refractivity contribution in [2.75, 3.05) is 13.0 Å². The summed E-state index contributed by atoms with van der Waals surface area (Å²) in [7, 11) is 1.54. The summed E-state index contributed by atoms with van der Waals surface area (Å²) in [5.41, 5.74) is 0.544. The number of alkyl halides is 1. The number of aromatic nitrogens is 2. The van der Waals surface area contributed by atoms with E-state index in [0.717, 1.165) is 0 Å². The van der Waals surface area contributed by atoms with Gasteiger partial charge in [0.25, 0.3) is 0 Å². The lowest BCUT2D eigenvalue weighted by Crippen LogP contribution is -2.13. The summed E-state index contributed by atoms with van der Waals surface area (Å²) < 4.78 is 6.83. The second-order valence-corrected chi connectivity index (χ2v) is 4.19. The molecular formula is C11H17ClN2O2. The van der Waals surface area contributed by atoms with Gasteiger partial charge in [-0.3, -0.25) is 9.48 Å². The molecule has 1 aromatic rings. The molecule has 0 unspecified atom stereocenters. The Balaban J connectivity index is 2.98. The van der Waals surface area contributed by atoms with Gasteiger partial charge in [-0.15, -0.1) is 11.6 Å². The Labute approximate surface area is 101 Å². The van der Waals surface area contributed by atoms with Crippen LogP contribution in [0.2, 0.25) is 0 Å². The number of hydrogen-bond acceptors (Lipinski definition) is 3. The van der Waals surface area contributed by atoms with Crippen LogP contribution in [0.4, 0.5) is 0 Å². The maximum Gasteiger partial charge on any atom is 0.184 e. The van der Waals surface area contributed by atoms with E-state index in [1.807, 2.05) is 13.8 Å². The third kappa shape index (κ3) is 2.76. The van der Waals surface area contributed by atoms with Crippen molar-refractivity contribution in [2.45, 2.75) is 32.7 Å². The highest BCUT2D eigenvalue weighted by Crippen LogP contribution is 2.22. The summed E-state index contributed by atoms with van der Waals surface area (Å²) in [5, 5.41) is 4.15. The van der Waals surface area contributed by atoms with Crippen LogP contribution in [-0.4, -0.2) is 28.6 Å². The summed E-state index contributed by atoms with van der Waals surface area (Å²) in [5.74, 6) is 1.06. The topological polar surface area (TPSA) is 44.1 Å². The Morgan fingerprint density at radius 2 is 2.31 bits per heavy atom. The van der Waals surface area contributed by atoms with Crippen molar-refractivity contribution < 1.29 is 9.53 Å². The highest BCUT2D eigenvalue weighted by atomic mass is 35.5. The molecular weight excluding hydrogens is 228 g/mol. The molecule has 0 aliphatic rings. The van der Waals surface area contributed by atoms with Crippen molar-refractivity contribution in [1.82, 2.24) is 9.78 Å². The van der Waals surface area contributed by atoms with Gasteiger partial charge >= 0.3 is 0 Å². The van der Waals surface area contributed by atoms with Crippen molar-refractivity contribution in [3.8, 4) is 5.75 Å². The molecule has 5 heteroatoms. The van der Waals surface area contributed by atoms with Crippen LogP contribution >= 0.6 is 11.6 Å². The number of methoxy groups -OCH3 is 1. The first-order valence-electron chi connectivity index (χ1n) is 5.32. The minimum Gasteiger partial charge on any atom is -0.493 e. The van der Waals surface area contributed by atoms with E-state index >= 15 is 0 Å². The van der Waals surface area contributed by atoms with Crippen LogP contribution in [0.1, 0.15) is 43.2 Å². The van der Waals surface area contributed by atoms with E-state index in [0.29, 0.717) is 30.2 Å². The molecule has 0 bridgehead atoms. The number of rotatable bonds is 6. The van der Waals surface area contributed by atoms with E-state index in [4.69, 9.17) is 16.3 Å². The fourth-order valence-electron chi connectivity index (χ4n) is 1.50. The first-order chi connectivity index (χ1) is 7.61. The predicted molar refractivity (Wildman–Crippen MR) is 63.4 cm³/mol. The zero-order valence-corrected chi connectivity index (χ0v) is 10.6. The smallest absolute Gasteiger partial charge is 0.184 e. The monoisotopic (exact) mass is 244 g/mol. The number of nitrogens with zero attached hydrogens (tertiary/aromatic N) is 2. The summed E-state index contributed by atoms with van der Waals surface area (Å²) in [6.45, 7) is 3.95. The van der Waals surface area contributed by atoms with Crippen LogP contribution < -0.4 is 4.74 Å². The zero-order valence-electron chi connectivity index (χ0n) is 9.86. The molecule has 16 heavy (non-hydrogen) atoms. The largest absolute Gasteiger partial charge is 0.493 e. The van der Waals surface area contributed by atoms with E-state index in [-0.39, 0.29) is 11.8 Å². The molecule has 0 saturated carbocycles. The number of carbonyl (C=O) groups excluding carboxylic acids is 1. The molecule has 4 nitrogen and oxygen atoms in total. The Morgan fingerprint density at radius 1 is 1.62 bits per heavy atom. The number of halogens is 1. The predicted octanol–water partition coefficient (Wildman–Crippen LogP) is 2.67. The lowest BCUT2D eigenvalue weighted by molar-refractivity contribution is 0.0966. The van der Waals surface area contributed by atoms with Gasteiger partial charge in [-0.2, -0.15) is 5.10 Å². The van der Waals surface area contributed by atoms with Gasteiger partial charge in [0, 0.05) is 18.3 Å². The van der Waals surface area contributed by atoms with Gasteiger partial charge in [-0.25, -0.2) is 0 Å². The maximum atomic E-state index is 12.0. The highest BCUT2D eigenvalue weighted by molar-refractivity contribution is 6.18. The zero-order chi connectivity index (χ0) is 12.1. The van der Waals surface area contributed by atoms with Crippen molar-refractivity contribution >= 4 is 17.4 Å². The average molecular weight is 245 g/mol. The third-order valence-corrected chi connectivity index (χ3v) is 2.54. The van der Waals surface area contributed by atoms with E-state index in [2.05, 4.69) is 5.10 Å². The molecule has 1 heterocycles. The molecule has 0 N–H and O–H groups in total. The van der Waals surface area contributed by atoms with Crippen LogP contribution in [0.3, 0.4) is 0 Å². The molecule has 0 fully saturated rings. The fraction of sp³-hybridized carbons (Fsp3) is 0.636. The number of carbonyl (C=O) groups is 1. The molecule has 1 rings (SSSR count). The number of ketones is 1. The van der Waals surface area contributed by atoms with Crippen LogP contribution in [0, 0.1) is 0 Å². The normalized spacial score (nSPS) is 10.8. The van der Waals surface area contributed by atoms with Gasteiger partial charge in [0.1, 0.15) is 5.69 Å². The summed E-state index contributed by atoms with van der Waals surface area (Å²) in [6, 6.07) is 0.138. The third-order valence-electron chi connectivity index (χ3n) is 2.27. The minimum absolute atomic E-state index is 0.0312. The van der Waals surface area contributed by atoms with E-state index in [1.165, 1.54) is 0 Å². The molecule has 1 aromatic heterocycles. The number of Topliss-reactive ketones (excluding diaryl/α,β-unsaturated/α-hetero) is 1. The van der Waals surface area contributed by atoms with Crippen LogP contribution in [-0.2, 0) is 0 Å². The van der Waals surface area contributed by atoms with Gasteiger partial charge in [0.05, 0.1) is 13.3 Å². The minimum atomic E-state index is 0.0312. The molecule has 0 saturated heterocycles. The Kier molecular flexibility index (Phi) is 4.80. The van der Waals surface area contributed by atoms with Gasteiger partial charge in [-0.1, -0.05) is 0 Å². The Hall–Kier alpha value is -1.03. The molecule has 0 aromatic carbocycles. The van der Waals surface area contributed by atoms with E-state index < -0.39 is 0 Å². The molecule has 90 valence electrons. The van der Waals surface area contributed by atoms with Crippen molar-refractivity contribution in [3.63, 3.8) is 0 Å². The number of hydrogen-bond donors (Lipinski definition) is 0. The van der Waals surface area contributed by atoms with Crippen molar-refractivity contribution in [1.29, 1.82) is 0 Å². The maximum absolute atomic E-state index is 12.0. The second kappa shape index (κ2) is 5.89. The average Bonchev–Trinajstić information content (AvgIpc) is 2.69. The molecule has 0 spiro atoms. The second-order valence-electron chi connectivity index (χ2n) is 3.82. The van der Waals surface area contributed by atoms with Crippen LogP contribution in [0.5, 0.6) is 5.75 Å². The summed E-state index contributed by atoms with van der Waals surface area (Å²) in [6.07, 6.45) is 2.68. The molecule has 0 amide bonds. The summed E-state index contributed by atoms with van der Waals surface area (Å²) in [4.78, 5) is 12.0. The van der Waals surface area contributed by atoms with E-state index in [9.17, 15) is 4.79 Å². The fourth-order valence-corrected chi connectivity index (χ4v) is 1.63. The molecule has 0 aliphatic heterocycles. The highest BCUT2D eigenvalue weighted by Gasteiger charge is 2.20. The Morgan fingerprint density at radius 3 is 2.81 bits per heavy atom. The molecule has 0 aliphatic carbocycles. The van der Waals surface area contributed by atoms with E-state index in [1.54, 1.807) is 18.0 Å². The summed E-state index contributed by atoms with van der Waals surface area (Å²) >= 11 is 5.58. The molecule has 0 atom stereocenters. The molecule has 0 radical (unpaired) electrons. The first kappa shape index (κ1) is 13.0. The van der Waals surface area contributed by atoms with Gasteiger partial charge < -0.3 is 4.74 Å². The van der Waals surface area contributed by atoms with Crippen molar-refractivity contribution in [2.24, 2.45) is 0 Å². The van der Waals surface area contributed by atoms with Crippen LogP contribution in [0.15, 0.2) is 6.20 Å². The van der Waals surface area contributed by atoms with Crippen molar-refractivity contribution in [3.05, 3.63) is 11.9 Å². The van der Waals surface area contributed by atoms with Gasteiger partial charge in [0.2, 0.25) is 0 Å². The lowest BCUT2D eigenvalue weighted by Gasteiger charge is -2.10. The first-order valence-corrected chi connectivity index (χ1v) is 5.86. The number of ether oxygens (including phenoxy) is 1. The quantitative estimate of drug-likeness (QED) is 0.571. The standard InChI is InChI=1S/C11H17ClN2O2/c1-8(2)14-11(9(15)5-4-6-12)10(16-3)7-13-14/h7-8H,4-6H2,1-3H3. The van der Waals surface area contributed by atoms with Crippen LogP contribution in [0.25, 0.3) is 0 Å². The lowest BCUT2D eigenvalue weighted by atomic mass is 10.1. The SMILES string of the molecule is COc1cnn(C(C)C)c1C(=O)CCCCl. The van der Waals surface area contributed by atoms with Gasteiger partial charge in [-0.05, 0) is 20.3 Å². The van der Waals surface area contributed by atoms with Gasteiger partial charge in [0.15, 0.2) is 11.5 Å². The Bertz CT molecular complexity index is 361.